The number of methoxy groups -OCH3 is 2. The maximum atomic E-state index is 10.1. The molecule has 2 rings (SSSR count). The maximum absolute atomic E-state index is 10.1. The third-order valence-corrected chi connectivity index (χ3v) is 3.38. The largest absolute Gasteiger partial charge is 0.493 e. The van der Waals surface area contributed by atoms with E-state index in [4.69, 9.17) is 18.9 Å². The molecule has 0 amide bonds. The van der Waals surface area contributed by atoms with Crippen LogP contribution < -0.4 is 14.2 Å². The van der Waals surface area contributed by atoms with E-state index in [9.17, 15) is 5.11 Å². The molecule has 0 spiro atoms. The average Bonchev–Trinajstić information content (AvgIpc) is 2.53. The van der Waals surface area contributed by atoms with Crippen molar-refractivity contribution >= 4 is 0 Å². The van der Waals surface area contributed by atoms with Gasteiger partial charge in [-0.2, -0.15) is 0 Å². The molecule has 1 aliphatic heterocycles. The van der Waals surface area contributed by atoms with E-state index < -0.39 is 6.10 Å². The van der Waals surface area contributed by atoms with Crippen molar-refractivity contribution < 1.29 is 24.1 Å². The van der Waals surface area contributed by atoms with Gasteiger partial charge in [-0.3, -0.25) is 4.90 Å². The summed E-state index contributed by atoms with van der Waals surface area (Å²) in [5.74, 6) is 1.70. The van der Waals surface area contributed by atoms with Gasteiger partial charge in [0.15, 0.2) is 11.5 Å². The first-order chi connectivity index (χ1) is 10.2. The molecule has 1 saturated heterocycles. The SMILES string of the molecule is COc1cccc(OC)c1OC[C@@H](O)CN1CCOCC1. The van der Waals surface area contributed by atoms with Gasteiger partial charge in [-0.25, -0.2) is 0 Å². The summed E-state index contributed by atoms with van der Waals surface area (Å²) in [7, 11) is 3.15. The van der Waals surface area contributed by atoms with Crippen LogP contribution in [0, 0.1) is 0 Å². The van der Waals surface area contributed by atoms with Gasteiger partial charge < -0.3 is 24.1 Å². The summed E-state index contributed by atoms with van der Waals surface area (Å²) in [6.07, 6.45) is -0.572. The Balaban J connectivity index is 1.89. The Morgan fingerprint density at radius 1 is 1.19 bits per heavy atom. The number of hydrogen-bond acceptors (Lipinski definition) is 6. The highest BCUT2D eigenvalue weighted by Gasteiger charge is 2.17. The summed E-state index contributed by atoms with van der Waals surface area (Å²) < 4.78 is 21.5. The molecule has 0 saturated carbocycles. The first kappa shape index (κ1) is 15.9. The Kier molecular flexibility index (Phi) is 6.10. The number of β-amino-alcohol motifs (C(OH)–C–C–N with tert-alkyl or cyclic N) is 1. The molecule has 21 heavy (non-hydrogen) atoms. The van der Waals surface area contributed by atoms with Gasteiger partial charge in [0, 0.05) is 19.6 Å². The number of hydrogen-bond donors (Lipinski definition) is 1. The summed E-state index contributed by atoms with van der Waals surface area (Å²) in [5.41, 5.74) is 0. The summed E-state index contributed by atoms with van der Waals surface area (Å²) in [5, 5.41) is 10.1. The van der Waals surface area contributed by atoms with Crippen molar-refractivity contribution in [2.75, 3.05) is 53.7 Å². The zero-order valence-electron chi connectivity index (χ0n) is 12.6. The molecule has 0 bridgehead atoms. The number of morpholine rings is 1. The lowest BCUT2D eigenvalue weighted by atomic mass is 10.3. The highest BCUT2D eigenvalue weighted by Crippen LogP contribution is 2.36. The fraction of sp³-hybridized carbons (Fsp3) is 0.600. The minimum Gasteiger partial charge on any atom is -0.493 e. The topological polar surface area (TPSA) is 60.4 Å². The van der Waals surface area contributed by atoms with Crippen LogP contribution in [0.1, 0.15) is 0 Å². The zero-order valence-corrected chi connectivity index (χ0v) is 12.6. The van der Waals surface area contributed by atoms with Crippen LogP contribution in [-0.2, 0) is 4.74 Å². The fourth-order valence-corrected chi connectivity index (χ4v) is 2.27. The van der Waals surface area contributed by atoms with Crippen LogP contribution in [0.25, 0.3) is 0 Å². The molecule has 1 aromatic carbocycles. The van der Waals surface area contributed by atoms with Crippen molar-refractivity contribution in [3.63, 3.8) is 0 Å². The minimum absolute atomic E-state index is 0.189. The molecule has 118 valence electrons. The molecule has 1 aromatic rings. The number of benzene rings is 1. The molecule has 6 nitrogen and oxygen atoms in total. The molecule has 1 heterocycles. The molecule has 0 aliphatic carbocycles. The summed E-state index contributed by atoms with van der Waals surface area (Å²) >= 11 is 0. The second-order valence-corrected chi connectivity index (χ2v) is 4.87. The Labute approximate surface area is 125 Å². The zero-order chi connectivity index (χ0) is 15.1. The number of para-hydroxylation sites is 1. The van der Waals surface area contributed by atoms with Crippen LogP contribution in [0.2, 0.25) is 0 Å². The second kappa shape index (κ2) is 8.07. The quantitative estimate of drug-likeness (QED) is 0.802. The lowest BCUT2D eigenvalue weighted by Crippen LogP contribution is -2.42. The molecule has 1 aliphatic rings. The van der Waals surface area contributed by atoms with E-state index in [1.165, 1.54) is 0 Å². The van der Waals surface area contributed by atoms with Crippen molar-refractivity contribution in [2.24, 2.45) is 0 Å². The Hall–Kier alpha value is -1.50. The molecule has 0 aromatic heterocycles. The van der Waals surface area contributed by atoms with Crippen LogP contribution in [0.3, 0.4) is 0 Å². The van der Waals surface area contributed by atoms with Gasteiger partial charge in [-0.15, -0.1) is 0 Å². The monoisotopic (exact) mass is 297 g/mol. The van der Waals surface area contributed by atoms with Gasteiger partial charge in [0.25, 0.3) is 0 Å². The van der Waals surface area contributed by atoms with Crippen LogP contribution in [0.5, 0.6) is 17.2 Å². The lowest BCUT2D eigenvalue weighted by molar-refractivity contribution is 0.00424. The number of rotatable bonds is 7. The Bertz CT molecular complexity index is 412. The van der Waals surface area contributed by atoms with Crippen LogP contribution in [-0.4, -0.2) is 69.8 Å². The standard InChI is InChI=1S/C15H23NO5/c1-18-13-4-3-5-14(19-2)15(13)21-11-12(17)10-16-6-8-20-9-7-16/h3-5,12,17H,6-11H2,1-2H3/t12-/m0/s1. The van der Waals surface area contributed by atoms with Gasteiger partial charge in [0.2, 0.25) is 5.75 Å². The van der Waals surface area contributed by atoms with Crippen molar-refractivity contribution in [3.05, 3.63) is 18.2 Å². The van der Waals surface area contributed by atoms with Crippen molar-refractivity contribution in [1.82, 2.24) is 4.90 Å². The predicted molar refractivity (Wildman–Crippen MR) is 78.3 cm³/mol. The molecular formula is C15H23NO5. The molecule has 1 N–H and O–H groups in total. The first-order valence-electron chi connectivity index (χ1n) is 7.06. The van der Waals surface area contributed by atoms with E-state index in [0.717, 1.165) is 13.1 Å². The van der Waals surface area contributed by atoms with Gasteiger partial charge >= 0.3 is 0 Å². The molecule has 0 radical (unpaired) electrons. The third-order valence-electron chi connectivity index (χ3n) is 3.38. The maximum Gasteiger partial charge on any atom is 0.203 e. The molecular weight excluding hydrogens is 274 g/mol. The Morgan fingerprint density at radius 2 is 1.81 bits per heavy atom. The molecule has 1 fully saturated rings. The van der Waals surface area contributed by atoms with E-state index in [2.05, 4.69) is 4.90 Å². The minimum atomic E-state index is -0.572. The van der Waals surface area contributed by atoms with Gasteiger partial charge in [0.05, 0.1) is 27.4 Å². The number of ether oxygens (including phenoxy) is 4. The smallest absolute Gasteiger partial charge is 0.203 e. The summed E-state index contributed by atoms with van der Waals surface area (Å²) in [6.45, 7) is 3.88. The third kappa shape index (κ3) is 4.49. The van der Waals surface area contributed by atoms with Crippen LogP contribution in [0.15, 0.2) is 18.2 Å². The first-order valence-corrected chi connectivity index (χ1v) is 7.06. The lowest BCUT2D eigenvalue weighted by Gasteiger charge is -2.28. The van der Waals surface area contributed by atoms with E-state index in [1.54, 1.807) is 26.4 Å². The van der Waals surface area contributed by atoms with E-state index in [-0.39, 0.29) is 6.61 Å². The number of nitrogens with zero attached hydrogens (tertiary/aromatic N) is 1. The van der Waals surface area contributed by atoms with E-state index in [1.807, 2.05) is 6.07 Å². The van der Waals surface area contributed by atoms with Crippen molar-refractivity contribution in [3.8, 4) is 17.2 Å². The number of aliphatic hydroxyl groups excluding tert-OH is 1. The predicted octanol–water partition coefficient (Wildman–Crippen LogP) is 0.776. The normalized spacial score (nSPS) is 17.3. The fourth-order valence-electron chi connectivity index (χ4n) is 2.27. The summed E-state index contributed by atoms with van der Waals surface area (Å²) in [4.78, 5) is 2.16. The van der Waals surface area contributed by atoms with Crippen LogP contribution in [0.4, 0.5) is 0 Å². The average molecular weight is 297 g/mol. The molecule has 6 heteroatoms. The van der Waals surface area contributed by atoms with Crippen LogP contribution >= 0.6 is 0 Å². The number of aliphatic hydroxyl groups is 1. The Morgan fingerprint density at radius 3 is 2.38 bits per heavy atom. The highest BCUT2D eigenvalue weighted by molar-refractivity contribution is 5.51. The molecule has 0 unspecified atom stereocenters. The van der Waals surface area contributed by atoms with E-state index in [0.29, 0.717) is 37.0 Å². The highest BCUT2D eigenvalue weighted by atomic mass is 16.5. The van der Waals surface area contributed by atoms with Crippen molar-refractivity contribution in [2.45, 2.75) is 6.10 Å². The van der Waals surface area contributed by atoms with Gasteiger partial charge in [-0.1, -0.05) is 6.07 Å². The van der Waals surface area contributed by atoms with E-state index >= 15 is 0 Å². The summed E-state index contributed by atoms with van der Waals surface area (Å²) in [6, 6.07) is 5.42. The van der Waals surface area contributed by atoms with Gasteiger partial charge in [0.1, 0.15) is 12.7 Å². The second-order valence-electron chi connectivity index (χ2n) is 4.87. The molecule has 1 atom stereocenters. The van der Waals surface area contributed by atoms with Crippen molar-refractivity contribution in [1.29, 1.82) is 0 Å². The van der Waals surface area contributed by atoms with Gasteiger partial charge in [-0.05, 0) is 12.1 Å².